The molecule has 1 aromatic heterocycles. The highest BCUT2D eigenvalue weighted by atomic mass is 16.6. The Morgan fingerprint density at radius 2 is 2.00 bits per heavy atom. The first kappa shape index (κ1) is 14.4. The van der Waals surface area contributed by atoms with Gasteiger partial charge in [0.25, 0.3) is 5.69 Å². The summed E-state index contributed by atoms with van der Waals surface area (Å²) < 4.78 is 0. The minimum Gasteiger partial charge on any atom is -0.353 e. The molecule has 6 heteroatoms. The summed E-state index contributed by atoms with van der Waals surface area (Å²) in [5.41, 5.74) is 0.231. The van der Waals surface area contributed by atoms with E-state index in [9.17, 15) is 14.9 Å². The lowest BCUT2D eigenvalue weighted by molar-refractivity contribution is -0.384. The van der Waals surface area contributed by atoms with Gasteiger partial charge in [-0.2, -0.15) is 0 Å². The number of carbonyl (C=O) groups excluding carboxylic acids is 1. The van der Waals surface area contributed by atoms with Crippen LogP contribution >= 0.6 is 0 Å². The van der Waals surface area contributed by atoms with Crippen molar-refractivity contribution in [3.05, 3.63) is 28.1 Å². The zero-order chi connectivity index (χ0) is 13.5. The molecule has 0 aromatic carbocycles. The van der Waals surface area contributed by atoms with E-state index in [1.165, 1.54) is 12.3 Å². The molecule has 0 radical (unpaired) electrons. The van der Waals surface area contributed by atoms with Crippen LogP contribution in [0.25, 0.3) is 0 Å². The maximum Gasteiger partial charge on any atom is 0.287 e. The van der Waals surface area contributed by atoms with Gasteiger partial charge < -0.3 is 4.98 Å². The molecule has 6 nitrogen and oxygen atoms in total. The van der Waals surface area contributed by atoms with Gasteiger partial charge >= 0.3 is 0 Å². The molecule has 1 heterocycles. The first-order chi connectivity index (χ1) is 8.58. The first-order valence-corrected chi connectivity index (χ1v) is 6.16. The third kappa shape index (κ3) is 3.96. The van der Waals surface area contributed by atoms with Gasteiger partial charge in [0, 0.05) is 6.07 Å². The number of H-pyrrole nitrogens is 1. The van der Waals surface area contributed by atoms with Crippen LogP contribution < -0.4 is 0 Å². The van der Waals surface area contributed by atoms with Gasteiger partial charge in [-0.15, -0.1) is 0 Å². The summed E-state index contributed by atoms with van der Waals surface area (Å²) in [6, 6.07) is 1.29. The van der Waals surface area contributed by atoms with E-state index < -0.39 is 4.92 Å². The van der Waals surface area contributed by atoms with Crippen molar-refractivity contribution in [2.24, 2.45) is 0 Å². The first-order valence-electron chi connectivity index (χ1n) is 6.16. The molecule has 0 amide bonds. The predicted octanol–water partition coefficient (Wildman–Crippen LogP) is 2.23. The Labute approximate surface area is 106 Å². The van der Waals surface area contributed by atoms with Crippen LogP contribution in [0, 0.1) is 10.1 Å². The minimum absolute atomic E-state index is 0.0733. The number of ketones is 1. The van der Waals surface area contributed by atoms with Gasteiger partial charge in [0.1, 0.15) is 0 Å². The number of nitrogens with zero attached hydrogens (tertiary/aromatic N) is 2. The summed E-state index contributed by atoms with van der Waals surface area (Å²) in [4.78, 5) is 26.7. The second-order valence-electron chi connectivity index (χ2n) is 4.23. The highest BCUT2D eigenvalue weighted by Gasteiger charge is 2.16. The third-order valence-corrected chi connectivity index (χ3v) is 2.63. The van der Waals surface area contributed by atoms with Crippen LogP contribution in [0.1, 0.15) is 37.2 Å². The van der Waals surface area contributed by atoms with Crippen LogP contribution in [0.15, 0.2) is 12.3 Å². The largest absolute Gasteiger partial charge is 0.353 e. The number of nitro groups is 1. The fourth-order valence-electron chi connectivity index (χ4n) is 1.84. The van der Waals surface area contributed by atoms with E-state index >= 15 is 0 Å². The van der Waals surface area contributed by atoms with Crippen molar-refractivity contribution in [3.8, 4) is 0 Å². The van der Waals surface area contributed by atoms with Gasteiger partial charge in [-0.05, 0) is 25.9 Å². The molecule has 0 aliphatic carbocycles. The zero-order valence-corrected chi connectivity index (χ0v) is 10.8. The van der Waals surface area contributed by atoms with Crippen LogP contribution in [0.3, 0.4) is 0 Å². The van der Waals surface area contributed by atoms with Crippen LogP contribution in [0.2, 0.25) is 0 Å². The molecule has 1 aromatic rings. The Bertz CT molecular complexity index is 408. The van der Waals surface area contributed by atoms with E-state index in [1.54, 1.807) is 0 Å². The fraction of sp³-hybridized carbons (Fsp3) is 0.583. The highest BCUT2D eigenvalue weighted by Crippen LogP contribution is 2.13. The van der Waals surface area contributed by atoms with Gasteiger partial charge in [-0.25, -0.2) is 0 Å². The molecule has 0 fully saturated rings. The maximum absolute atomic E-state index is 11.9. The standard InChI is InChI=1S/C12H19N3O3/c1-3-5-14(6-4-2)9-12(16)11-7-10(8-13-11)15(17)18/h7-8,13H,3-6,9H2,1-2H3. The summed E-state index contributed by atoms with van der Waals surface area (Å²) in [6.07, 6.45) is 3.22. The molecule has 0 saturated heterocycles. The molecular formula is C12H19N3O3. The lowest BCUT2D eigenvalue weighted by Gasteiger charge is -2.19. The molecule has 0 bridgehead atoms. The molecule has 1 rings (SSSR count). The van der Waals surface area contributed by atoms with Crippen molar-refractivity contribution < 1.29 is 9.72 Å². The van der Waals surface area contributed by atoms with Gasteiger partial charge in [-0.3, -0.25) is 19.8 Å². The molecule has 1 N–H and O–H groups in total. The highest BCUT2D eigenvalue weighted by molar-refractivity contribution is 5.96. The normalized spacial score (nSPS) is 10.8. The number of hydrogen-bond donors (Lipinski definition) is 1. The predicted molar refractivity (Wildman–Crippen MR) is 68.8 cm³/mol. The van der Waals surface area contributed by atoms with E-state index in [0.717, 1.165) is 25.9 Å². The van der Waals surface area contributed by atoms with Crippen LogP contribution in [0.4, 0.5) is 5.69 Å². The number of carbonyl (C=O) groups is 1. The molecule has 0 spiro atoms. The van der Waals surface area contributed by atoms with Crippen molar-refractivity contribution in [3.63, 3.8) is 0 Å². The molecule has 0 aliphatic rings. The summed E-state index contributed by atoms with van der Waals surface area (Å²) in [7, 11) is 0. The quantitative estimate of drug-likeness (QED) is 0.437. The SMILES string of the molecule is CCCN(CCC)CC(=O)c1cc([N+](=O)[O-])c[nH]1. The zero-order valence-electron chi connectivity index (χ0n) is 10.8. The number of hydrogen-bond acceptors (Lipinski definition) is 4. The van der Waals surface area contributed by atoms with E-state index in [4.69, 9.17) is 0 Å². The minimum atomic E-state index is -0.511. The molecule has 0 atom stereocenters. The smallest absolute Gasteiger partial charge is 0.287 e. The maximum atomic E-state index is 11.9. The van der Waals surface area contributed by atoms with Gasteiger partial charge in [0.15, 0.2) is 5.78 Å². The average Bonchev–Trinajstić information content (AvgIpc) is 2.79. The van der Waals surface area contributed by atoms with Crippen LogP contribution in [-0.2, 0) is 0 Å². The fourth-order valence-corrected chi connectivity index (χ4v) is 1.84. The number of Topliss-reactive ketones (excluding diaryl/α,β-unsaturated/α-hetero) is 1. The number of nitrogens with one attached hydrogen (secondary N) is 1. The Morgan fingerprint density at radius 3 is 2.44 bits per heavy atom. The van der Waals surface area contributed by atoms with Crippen LogP contribution in [-0.4, -0.2) is 40.2 Å². The van der Waals surface area contributed by atoms with E-state index in [-0.39, 0.29) is 11.5 Å². The summed E-state index contributed by atoms with van der Waals surface area (Å²) in [5, 5.41) is 10.5. The Balaban J connectivity index is 2.64. The Kier molecular flexibility index (Phi) is 5.51. The van der Waals surface area contributed by atoms with Gasteiger partial charge in [-0.1, -0.05) is 13.8 Å². The van der Waals surface area contributed by atoms with Crippen molar-refractivity contribution in [2.45, 2.75) is 26.7 Å². The van der Waals surface area contributed by atoms with Gasteiger partial charge in [0.2, 0.25) is 0 Å². The Hall–Kier alpha value is -1.69. The number of rotatable bonds is 8. The monoisotopic (exact) mass is 253 g/mol. The second kappa shape index (κ2) is 6.90. The van der Waals surface area contributed by atoms with Crippen molar-refractivity contribution >= 4 is 11.5 Å². The van der Waals surface area contributed by atoms with E-state index in [2.05, 4.69) is 23.7 Å². The number of aromatic nitrogens is 1. The van der Waals surface area contributed by atoms with E-state index in [0.29, 0.717) is 12.2 Å². The molecule has 0 aliphatic heterocycles. The van der Waals surface area contributed by atoms with Gasteiger partial charge in [0.05, 0.1) is 23.4 Å². The topological polar surface area (TPSA) is 79.2 Å². The number of aromatic amines is 1. The summed E-state index contributed by atoms with van der Waals surface area (Å²) in [5.74, 6) is -0.106. The summed E-state index contributed by atoms with van der Waals surface area (Å²) in [6.45, 7) is 6.16. The molecule has 18 heavy (non-hydrogen) atoms. The lowest BCUT2D eigenvalue weighted by atomic mass is 10.2. The lowest BCUT2D eigenvalue weighted by Crippen LogP contribution is -2.31. The Morgan fingerprint density at radius 1 is 1.39 bits per heavy atom. The van der Waals surface area contributed by atoms with E-state index in [1.807, 2.05) is 0 Å². The van der Waals surface area contributed by atoms with Crippen molar-refractivity contribution in [1.82, 2.24) is 9.88 Å². The average molecular weight is 253 g/mol. The van der Waals surface area contributed by atoms with Crippen molar-refractivity contribution in [2.75, 3.05) is 19.6 Å². The molecule has 0 saturated carbocycles. The van der Waals surface area contributed by atoms with Crippen molar-refractivity contribution in [1.29, 1.82) is 0 Å². The third-order valence-electron chi connectivity index (χ3n) is 2.63. The summed E-state index contributed by atoms with van der Waals surface area (Å²) >= 11 is 0. The molecule has 100 valence electrons. The second-order valence-corrected chi connectivity index (χ2v) is 4.23. The molecule has 0 unspecified atom stereocenters. The molecular weight excluding hydrogens is 234 g/mol. The van der Waals surface area contributed by atoms with Crippen LogP contribution in [0.5, 0.6) is 0 Å².